The maximum atomic E-state index is 6.20. The van der Waals surface area contributed by atoms with Gasteiger partial charge in [0.1, 0.15) is 0 Å². The number of benzene rings is 3. The summed E-state index contributed by atoms with van der Waals surface area (Å²) in [6.07, 6.45) is 0.987. The van der Waals surface area contributed by atoms with Crippen molar-refractivity contribution in [2.75, 3.05) is 6.61 Å². The van der Waals surface area contributed by atoms with Gasteiger partial charge in [-0.15, -0.1) is 11.3 Å². The molecule has 3 aromatic carbocycles. The van der Waals surface area contributed by atoms with E-state index in [2.05, 4.69) is 92.7 Å². The Morgan fingerprint density at radius 2 is 1.59 bits per heavy atom. The van der Waals surface area contributed by atoms with Crippen LogP contribution in [-0.4, -0.2) is 6.61 Å². The number of aryl methyl sites for hydroxylation is 1. The molecule has 1 aromatic heterocycles. The molecule has 0 spiro atoms. The maximum absolute atomic E-state index is 6.20. The number of fused-ring (bicyclic) bond motifs is 1. The third kappa shape index (κ3) is 3.83. The molecular weight excluding hydrogens is 348 g/mol. The van der Waals surface area contributed by atoms with Gasteiger partial charge in [-0.05, 0) is 47.6 Å². The lowest BCUT2D eigenvalue weighted by Crippen LogP contribution is -2.07. The zero-order valence-electron chi connectivity index (χ0n) is 15.8. The highest BCUT2D eigenvalue weighted by atomic mass is 32.1. The summed E-state index contributed by atoms with van der Waals surface area (Å²) in [7, 11) is 0. The Kier molecular flexibility index (Phi) is 5.38. The van der Waals surface area contributed by atoms with Crippen LogP contribution in [0, 0.1) is 6.92 Å². The molecule has 0 aliphatic rings. The van der Waals surface area contributed by atoms with Crippen molar-refractivity contribution < 1.29 is 4.74 Å². The first-order valence-corrected chi connectivity index (χ1v) is 10.3. The predicted octanol–water partition coefficient (Wildman–Crippen LogP) is 7.20. The molecule has 1 nitrogen and oxygen atoms in total. The van der Waals surface area contributed by atoms with Gasteiger partial charge >= 0.3 is 0 Å². The molecule has 0 N–H and O–H groups in total. The molecular formula is C25H24OS. The molecule has 0 radical (unpaired) electrons. The fraction of sp³-hybridized carbons (Fsp3) is 0.200. The molecule has 4 rings (SSSR count). The first-order valence-electron chi connectivity index (χ1n) is 9.50. The third-order valence-electron chi connectivity index (χ3n) is 5.00. The summed E-state index contributed by atoms with van der Waals surface area (Å²) in [5, 5.41) is 1.35. The number of hydrogen-bond donors (Lipinski definition) is 0. The highest BCUT2D eigenvalue weighted by molar-refractivity contribution is 7.19. The van der Waals surface area contributed by atoms with Gasteiger partial charge in [0.25, 0.3) is 0 Å². The average molecular weight is 373 g/mol. The summed E-state index contributed by atoms with van der Waals surface area (Å²) in [6.45, 7) is 5.02. The zero-order valence-corrected chi connectivity index (χ0v) is 16.6. The standard InChI is InChI=1S/C25H24OS/c1-3-26-23(25-18(2)22-14-7-8-15-24(22)27-25)17-19-10-9-13-21(16-19)20-11-5-4-6-12-20/h4-16,23H,3,17H2,1-2H3. The van der Waals surface area contributed by atoms with Gasteiger partial charge in [0.2, 0.25) is 0 Å². The van der Waals surface area contributed by atoms with Crippen LogP contribution >= 0.6 is 11.3 Å². The summed E-state index contributed by atoms with van der Waals surface area (Å²) in [4.78, 5) is 1.35. The van der Waals surface area contributed by atoms with Gasteiger partial charge in [-0.3, -0.25) is 0 Å². The minimum absolute atomic E-state index is 0.0958. The van der Waals surface area contributed by atoms with E-state index in [1.807, 2.05) is 11.3 Å². The highest BCUT2D eigenvalue weighted by Crippen LogP contribution is 2.37. The van der Waals surface area contributed by atoms with E-state index in [-0.39, 0.29) is 6.10 Å². The smallest absolute Gasteiger partial charge is 0.0959 e. The molecule has 0 saturated heterocycles. The SMILES string of the molecule is CCOC(Cc1cccc(-c2ccccc2)c1)c1sc2ccccc2c1C. The normalized spacial score (nSPS) is 12.4. The van der Waals surface area contributed by atoms with Crippen molar-refractivity contribution in [3.63, 3.8) is 0 Å². The Balaban J connectivity index is 1.67. The van der Waals surface area contributed by atoms with Gasteiger partial charge in [0, 0.05) is 22.6 Å². The van der Waals surface area contributed by atoms with Crippen molar-refractivity contribution in [3.05, 3.63) is 94.9 Å². The second-order valence-corrected chi connectivity index (χ2v) is 7.89. The van der Waals surface area contributed by atoms with Crippen molar-refractivity contribution in [2.24, 2.45) is 0 Å². The minimum Gasteiger partial charge on any atom is -0.373 e. The van der Waals surface area contributed by atoms with Gasteiger partial charge < -0.3 is 4.74 Å². The first-order chi connectivity index (χ1) is 13.3. The van der Waals surface area contributed by atoms with Crippen molar-refractivity contribution >= 4 is 21.4 Å². The summed E-state index contributed by atoms with van der Waals surface area (Å²) < 4.78 is 7.54. The van der Waals surface area contributed by atoms with E-state index < -0.39 is 0 Å². The Hall–Kier alpha value is -2.42. The number of rotatable bonds is 6. The van der Waals surface area contributed by atoms with Crippen LogP contribution in [0.3, 0.4) is 0 Å². The van der Waals surface area contributed by atoms with Gasteiger partial charge in [-0.25, -0.2) is 0 Å². The molecule has 27 heavy (non-hydrogen) atoms. The second kappa shape index (κ2) is 8.08. The largest absolute Gasteiger partial charge is 0.373 e. The Labute approximate surface area is 165 Å². The number of ether oxygens (including phenoxy) is 1. The number of hydrogen-bond acceptors (Lipinski definition) is 2. The summed E-state index contributed by atoms with van der Waals surface area (Å²) >= 11 is 1.87. The fourth-order valence-corrected chi connectivity index (χ4v) is 4.91. The molecule has 4 aromatic rings. The lowest BCUT2D eigenvalue weighted by molar-refractivity contribution is 0.0650. The van der Waals surface area contributed by atoms with Gasteiger partial charge in [0.15, 0.2) is 0 Å². The molecule has 1 unspecified atom stereocenters. The molecule has 136 valence electrons. The topological polar surface area (TPSA) is 9.23 Å². The van der Waals surface area contributed by atoms with Crippen molar-refractivity contribution in [2.45, 2.75) is 26.4 Å². The highest BCUT2D eigenvalue weighted by Gasteiger charge is 2.19. The molecule has 0 aliphatic carbocycles. The Morgan fingerprint density at radius 1 is 0.852 bits per heavy atom. The molecule has 0 bridgehead atoms. The average Bonchev–Trinajstić information content (AvgIpc) is 3.05. The van der Waals surface area contributed by atoms with Crippen LogP contribution < -0.4 is 0 Å². The first kappa shape index (κ1) is 18.0. The second-order valence-electron chi connectivity index (χ2n) is 6.80. The van der Waals surface area contributed by atoms with Crippen LogP contribution in [0.25, 0.3) is 21.2 Å². The van der Waals surface area contributed by atoms with Crippen LogP contribution in [-0.2, 0) is 11.2 Å². The number of thiophene rings is 1. The van der Waals surface area contributed by atoms with Crippen LogP contribution in [0.15, 0.2) is 78.9 Å². The third-order valence-corrected chi connectivity index (χ3v) is 6.36. The van der Waals surface area contributed by atoms with Crippen LogP contribution in [0.2, 0.25) is 0 Å². The van der Waals surface area contributed by atoms with E-state index in [9.17, 15) is 0 Å². The Bertz CT molecular complexity index is 1030. The maximum Gasteiger partial charge on any atom is 0.0959 e. The van der Waals surface area contributed by atoms with Gasteiger partial charge in [-0.1, -0.05) is 72.8 Å². The fourth-order valence-electron chi connectivity index (χ4n) is 3.65. The molecule has 1 atom stereocenters. The molecule has 2 heteroatoms. The molecule has 0 saturated carbocycles. The van der Waals surface area contributed by atoms with Crippen LogP contribution in [0.5, 0.6) is 0 Å². The molecule has 0 aliphatic heterocycles. The summed E-state index contributed by atoms with van der Waals surface area (Å²) in [6, 6.07) is 28.0. The lowest BCUT2D eigenvalue weighted by atomic mass is 9.98. The van der Waals surface area contributed by atoms with E-state index in [0.29, 0.717) is 0 Å². The quantitative estimate of drug-likeness (QED) is 0.348. The summed E-state index contributed by atoms with van der Waals surface area (Å²) in [5.74, 6) is 0. The predicted molar refractivity (Wildman–Crippen MR) is 117 cm³/mol. The van der Waals surface area contributed by atoms with Crippen LogP contribution in [0.4, 0.5) is 0 Å². The van der Waals surface area contributed by atoms with E-state index in [1.54, 1.807) is 0 Å². The molecule has 0 amide bonds. The molecule has 0 fully saturated rings. The van der Waals surface area contributed by atoms with Gasteiger partial charge in [0.05, 0.1) is 6.10 Å². The van der Waals surface area contributed by atoms with E-state index in [1.165, 1.54) is 37.2 Å². The van der Waals surface area contributed by atoms with Crippen molar-refractivity contribution in [3.8, 4) is 11.1 Å². The van der Waals surface area contributed by atoms with Crippen molar-refractivity contribution in [1.29, 1.82) is 0 Å². The van der Waals surface area contributed by atoms with E-state index in [0.717, 1.165) is 13.0 Å². The minimum atomic E-state index is 0.0958. The zero-order chi connectivity index (χ0) is 18.6. The molecule has 1 heterocycles. The monoisotopic (exact) mass is 372 g/mol. The lowest BCUT2D eigenvalue weighted by Gasteiger charge is -2.17. The van der Waals surface area contributed by atoms with Crippen molar-refractivity contribution in [1.82, 2.24) is 0 Å². The summed E-state index contributed by atoms with van der Waals surface area (Å²) in [5.41, 5.74) is 5.18. The Morgan fingerprint density at radius 3 is 2.37 bits per heavy atom. The van der Waals surface area contributed by atoms with E-state index in [4.69, 9.17) is 4.74 Å². The van der Waals surface area contributed by atoms with E-state index >= 15 is 0 Å². The van der Waals surface area contributed by atoms with Crippen LogP contribution in [0.1, 0.15) is 29.0 Å². The van der Waals surface area contributed by atoms with Gasteiger partial charge in [-0.2, -0.15) is 0 Å².